The van der Waals surface area contributed by atoms with Crippen molar-refractivity contribution < 1.29 is 18.0 Å². The van der Waals surface area contributed by atoms with Crippen LogP contribution in [0, 0.1) is 11.6 Å². The zero-order valence-electron chi connectivity index (χ0n) is 9.85. The van der Waals surface area contributed by atoms with Gasteiger partial charge in [-0.2, -0.15) is 0 Å². The predicted molar refractivity (Wildman–Crippen MR) is 64.2 cm³/mol. The van der Waals surface area contributed by atoms with Gasteiger partial charge in [0.1, 0.15) is 5.76 Å². The summed E-state index contributed by atoms with van der Waals surface area (Å²) in [6, 6.07) is 3.19. The lowest BCUT2D eigenvalue weighted by atomic mass is 10.2. The van der Waals surface area contributed by atoms with E-state index in [1.807, 2.05) is 0 Å². The number of anilines is 1. The maximum Gasteiger partial charge on any atom is 0.250 e. The molecule has 0 aliphatic rings. The first-order valence-corrected chi connectivity index (χ1v) is 5.38. The summed E-state index contributed by atoms with van der Waals surface area (Å²) < 4.78 is 31.1. The van der Waals surface area contributed by atoms with Crippen LogP contribution < -0.4 is 4.90 Å². The summed E-state index contributed by atoms with van der Waals surface area (Å²) in [6.07, 6.45) is 3.73. The van der Waals surface area contributed by atoms with Gasteiger partial charge in [-0.25, -0.2) is 13.8 Å². The Morgan fingerprint density at radius 1 is 1.42 bits per heavy atom. The Balaban J connectivity index is 2.34. The van der Waals surface area contributed by atoms with Gasteiger partial charge in [-0.1, -0.05) is 6.58 Å². The van der Waals surface area contributed by atoms with Crippen LogP contribution in [0.3, 0.4) is 0 Å². The summed E-state index contributed by atoms with van der Waals surface area (Å²) >= 11 is 0. The van der Waals surface area contributed by atoms with Crippen molar-refractivity contribution in [3.05, 3.63) is 60.8 Å². The molecule has 1 amide bonds. The molecule has 0 aliphatic carbocycles. The minimum atomic E-state index is -1.03. The van der Waals surface area contributed by atoms with Gasteiger partial charge in [-0.05, 0) is 18.2 Å². The van der Waals surface area contributed by atoms with E-state index in [0.29, 0.717) is 5.76 Å². The summed E-state index contributed by atoms with van der Waals surface area (Å²) in [4.78, 5) is 16.7. The van der Waals surface area contributed by atoms with Gasteiger partial charge in [0, 0.05) is 11.8 Å². The number of hydrogen-bond donors (Lipinski definition) is 0. The van der Waals surface area contributed by atoms with Crippen LogP contribution >= 0.6 is 0 Å². The van der Waals surface area contributed by atoms with Crippen molar-refractivity contribution in [3.63, 3.8) is 0 Å². The van der Waals surface area contributed by atoms with Gasteiger partial charge in [-0.15, -0.1) is 0 Å². The van der Waals surface area contributed by atoms with Gasteiger partial charge < -0.3 is 9.32 Å². The molecule has 2 rings (SSSR count). The van der Waals surface area contributed by atoms with E-state index >= 15 is 0 Å². The Labute approximate surface area is 108 Å². The maximum atomic E-state index is 13.2. The van der Waals surface area contributed by atoms with Crippen LogP contribution in [0.15, 0.2) is 47.9 Å². The Kier molecular flexibility index (Phi) is 3.70. The molecule has 0 atom stereocenters. The van der Waals surface area contributed by atoms with Gasteiger partial charge in [0.25, 0.3) is 5.91 Å². The molecular weight excluding hydrogens is 254 g/mol. The standard InChI is InChI=1S/C13H10F2N2O2/c1-2-13(18)17(7-10-6-16-8-19-10)9-3-4-11(14)12(15)5-9/h2-6,8H,1,7H2. The number of halogens is 2. The second-order valence-electron chi connectivity index (χ2n) is 3.69. The Morgan fingerprint density at radius 2 is 2.21 bits per heavy atom. The van der Waals surface area contributed by atoms with Crippen LogP contribution in [0.1, 0.15) is 5.76 Å². The number of benzene rings is 1. The molecule has 0 spiro atoms. The van der Waals surface area contributed by atoms with Crippen LogP contribution in [0.5, 0.6) is 0 Å². The summed E-state index contributed by atoms with van der Waals surface area (Å²) in [6.45, 7) is 3.42. The number of carbonyl (C=O) groups excluding carboxylic acids is 1. The topological polar surface area (TPSA) is 46.3 Å². The molecule has 0 bridgehead atoms. The first kappa shape index (κ1) is 12.9. The molecule has 0 unspecified atom stereocenters. The van der Waals surface area contributed by atoms with Crippen LogP contribution in [-0.2, 0) is 11.3 Å². The van der Waals surface area contributed by atoms with Crippen molar-refractivity contribution in [2.75, 3.05) is 4.90 Å². The average molecular weight is 264 g/mol. The number of carbonyl (C=O) groups is 1. The molecule has 0 saturated carbocycles. The highest BCUT2D eigenvalue weighted by atomic mass is 19.2. The highest BCUT2D eigenvalue weighted by Crippen LogP contribution is 2.20. The summed E-state index contributed by atoms with van der Waals surface area (Å²) in [5, 5.41) is 0. The quantitative estimate of drug-likeness (QED) is 0.797. The third-order valence-electron chi connectivity index (χ3n) is 2.45. The fourth-order valence-electron chi connectivity index (χ4n) is 1.54. The van der Waals surface area contributed by atoms with E-state index in [0.717, 1.165) is 18.2 Å². The molecule has 1 aromatic carbocycles. The Morgan fingerprint density at radius 3 is 2.79 bits per heavy atom. The third-order valence-corrected chi connectivity index (χ3v) is 2.45. The molecule has 0 fully saturated rings. The van der Waals surface area contributed by atoms with Crippen molar-refractivity contribution in [2.45, 2.75) is 6.54 Å². The zero-order chi connectivity index (χ0) is 13.8. The van der Waals surface area contributed by atoms with E-state index in [4.69, 9.17) is 4.42 Å². The lowest BCUT2D eigenvalue weighted by molar-refractivity contribution is -0.114. The molecule has 0 radical (unpaired) electrons. The first-order chi connectivity index (χ1) is 9.11. The molecule has 0 saturated heterocycles. The van der Waals surface area contributed by atoms with Gasteiger partial charge in [0.15, 0.2) is 18.0 Å². The molecule has 98 valence electrons. The lowest BCUT2D eigenvalue weighted by Gasteiger charge is -2.20. The normalized spacial score (nSPS) is 10.2. The second kappa shape index (κ2) is 5.43. The number of rotatable bonds is 4. The summed E-state index contributed by atoms with van der Waals surface area (Å²) in [7, 11) is 0. The van der Waals surface area contributed by atoms with Crippen molar-refractivity contribution in [1.82, 2.24) is 4.98 Å². The number of aromatic nitrogens is 1. The molecule has 4 nitrogen and oxygen atoms in total. The van der Waals surface area contributed by atoms with E-state index in [9.17, 15) is 13.6 Å². The second-order valence-corrected chi connectivity index (χ2v) is 3.69. The van der Waals surface area contributed by atoms with Gasteiger partial charge in [-0.3, -0.25) is 4.79 Å². The minimum Gasteiger partial charge on any atom is -0.447 e. The van der Waals surface area contributed by atoms with Gasteiger partial charge in [0.05, 0.1) is 12.7 Å². The fraction of sp³-hybridized carbons (Fsp3) is 0.0769. The summed E-state index contributed by atoms with van der Waals surface area (Å²) in [5.41, 5.74) is 0.209. The molecule has 0 aliphatic heterocycles. The van der Waals surface area contributed by atoms with Crippen molar-refractivity contribution in [2.24, 2.45) is 0 Å². The SMILES string of the molecule is C=CC(=O)N(Cc1cnco1)c1ccc(F)c(F)c1. The first-order valence-electron chi connectivity index (χ1n) is 5.38. The van der Waals surface area contributed by atoms with Gasteiger partial charge in [0.2, 0.25) is 0 Å². The Bertz CT molecular complexity index is 597. The number of nitrogens with zero attached hydrogens (tertiary/aromatic N) is 2. The van der Waals surface area contributed by atoms with E-state index in [1.165, 1.54) is 23.6 Å². The largest absolute Gasteiger partial charge is 0.447 e. The van der Waals surface area contributed by atoms with Crippen LogP contribution in [0.4, 0.5) is 14.5 Å². The van der Waals surface area contributed by atoms with Crippen molar-refractivity contribution in [3.8, 4) is 0 Å². The van der Waals surface area contributed by atoms with Gasteiger partial charge >= 0.3 is 0 Å². The molecular formula is C13H10F2N2O2. The van der Waals surface area contributed by atoms with E-state index in [2.05, 4.69) is 11.6 Å². The van der Waals surface area contributed by atoms with Crippen LogP contribution in [0.25, 0.3) is 0 Å². The van der Waals surface area contributed by atoms with E-state index in [-0.39, 0.29) is 12.2 Å². The monoisotopic (exact) mass is 264 g/mol. The molecule has 0 N–H and O–H groups in total. The fourth-order valence-corrected chi connectivity index (χ4v) is 1.54. The predicted octanol–water partition coefficient (Wildman–Crippen LogP) is 2.67. The zero-order valence-corrected chi connectivity index (χ0v) is 9.85. The maximum absolute atomic E-state index is 13.2. The molecule has 1 heterocycles. The highest BCUT2D eigenvalue weighted by Gasteiger charge is 2.16. The average Bonchev–Trinajstić information content (AvgIpc) is 2.91. The number of oxazole rings is 1. The van der Waals surface area contributed by atoms with Crippen LogP contribution in [-0.4, -0.2) is 10.9 Å². The lowest BCUT2D eigenvalue weighted by Crippen LogP contribution is -2.28. The highest BCUT2D eigenvalue weighted by molar-refractivity contribution is 6.00. The van der Waals surface area contributed by atoms with Crippen molar-refractivity contribution >= 4 is 11.6 Å². The molecule has 6 heteroatoms. The Hall–Kier alpha value is -2.50. The number of hydrogen-bond acceptors (Lipinski definition) is 3. The smallest absolute Gasteiger partial charge is 0.250 e. The minimum absolute atomic E-state index is 0.0515. The van der Waals surface area contributed by atoms with E-state index < -0.39 is 17.5 Å². The van der Waals surface area contributed by atoms with Crippen molar-refractivity contribution in [1.29, 1.82) is 0 Å². The number of amides is 1. The molecule has 19 heavy (non-hydrogen) atoms. The third kappa shape index (κ3) is 2.85. The van der Waals surface area contributed by atoms with Crippen LogP contribution in [0.2, 0.25) is 0 Å². The summed E-state index contributed by atoms with van der Waals surface area (Å²) in [5.74, 6) is -2.05. The molecule has 1 aromatic heterocycles. The molecule has 2 aromatic rings. The van der Waals surface area contributed by atoms with E-state index in [1.54, 1.807) is 0 Å².